The van der Waals surface area contributed by atoms with E-state index in [-0.39, 0.29) is 29.3 Å². The molecule has 1 aliphatic heterocycles. The Morgan fingerprint density at radius 3 is 2.60 bits per heavy atom. The monoisotopic (exact) mass is 369 g/mol. The van der Waals surface area contributed by atoms with E-state index in [0.29, 0.717) is 18.5 Å². The number of amides is 1. The van der Waals surface area contributed by atoms with Gasteiger partial charge in [-0.25, -0.2) is 18.2 Å². The van der Waals surface area contributed by atoms with E-state index in [1.165, 1.54) is 12.4 Å². The van der Waals surface area contributed by atoms with Crippen molar-refractivity contribution in [3.05, 3.63) is 23.8 Å². The summed E-state index contributed by atoms with van der Waals surface area (Å²) in [4.78, 5) is 33.9. The van der Waals surface area contributed by atoms with Crippen LogP contribution < -0.4 is 0 Å². The normalized spacial score (nSPS) is 20.0. The van der Waals surface area contributed by atoms with Gasteiger partial charge in [0, 0.05) is 18.3 Å². The Labute approximate surface area is 147 Å². The van der Waals surface area contributed by atoms with Gasteiger partial charge in [0.05, 0.1) is 23.4 Å². The molecule has 138 valence electrons. The zero-order valence-corrected chi connectivity index (χ0v) is 15.5. The first-order valence-electron chi connectivity index (χ1n) is 8.21. The van der Waals surface area contributed by atoms with Gasteiger partial charge in [0.25, 0.3) is 5.91 Å². The van der Waals surface area contributed by atoms with E-state index < -0.39 is 28.3 Å². The lowest BCUT2D eigenvalue weighted by molar-refractivity contribution is -0.138. The van der Waals surface area contributed by atoms with Crippen LogP contribution >= 0.6 is 0 Å². The number of hydrogen-bond donors (Lipinski definition) is 0. The molecule has 2 heterocycles. The van der Waals surface area contributed by atoms with Gasteiger partial charge in [0.15, 0.2) is 22.1 Å². The van der Waals surface area contributed by atoms with Crippen molar-refractivity contribution in [2.75, 3.05) is 18.1 Å². The van der Waals surface area contributed by atoms with Crippen molar-refractivity contribution >= 4 is 21.7 Å². The molecule has 1 amide bonds. The molecule has 1 fully saturated rings. The standard InChI is InChI=1S/C16H23N3O5S/c1-4-12(3)19(13-5-6-25(22,23)10-13)15(20)9-24-16(21)14-8-17-11(2)7-18-14/h7-8,12-13H,4-6,9-10H2,1-3H3/t12-,13-/m0/s1. The molecular weight excluding hydrogens is 346 g/mol. The summed E-state index contributed by atoms with van der Waals surface area (Å²) in [6, 6.07) is -0.506. The highest BCUT2D eigenvalue weighted by Gasteiger charge is 2.36. The van der Waals surface area contributed by atoms with Crippen molar-refractivity contribution in [3.63, 3.8) is 0 Å². The van der Waals surface area contributed by atoms with Gasteiger partial charge in [-0.15, -0.1) is 0 Å². The predicted molar refractivity (Wildman–Crippen MR) is 90.7 cm³/mol. The first kappa shape index (κ1) is 19.3. The number of rotatable bonds is 6. The van der Waals surface area contributed by atoms with Crippen LogP contribution in [-0.2, 0) is 19.4 Å². The van der Waals surface area contributed by atoms with E-state index in [0.717, 1.165) is 0 Å². The topological polar surface area (TPSA) is 107 Å². The number of aromatic nitrogens is 2. The molecular formula is C16H23N3O5S. The molecule has 0 bridgehead atoms. The fourth-order valence-corrected chi connectivity index (χ4v) is 4.49. The molecule has 9 heteroatoms. The van der Waals surface area contributed by atoms with E-state index in [9.17, 15) is 18.0 Å². The lowest BCUT2D eigenvalue weighted by atomic mass is 10.1. The summed E-state index contributed by atoms with van der Waals surface area (Å²) in [7, 11) is -3.11. The first-order valence-corrected chi connectivity index (χ1v) is 10.0. The van der Waals surface area contributed by atoms with E-state index in [4.69, 9.17) is 4.74 Å². The number of carbonyl (C=O) groups excluding carboxylic acids is 2. The smallest absolute Gasteiger partial charge is 0.359 e. The molecule has 0 spiro atoms. The third kappa shape index (κ3) is 4.97. The molecule has 0 N–H and O–H groups in total. The average Bonchev–Trinajstić information content (AvgIpc) is 2.92. The van der Waals surface area contributed by atoms with Crippen LogP contribution in [0.25, 0.3) is 0 Å². The quantitative estimate of drug-likeness (QED) is 0.681. The Morgan fingerprint density at radius 1 is 1.36 bits per heavy atom. The second kappa shape index (κ2) is 7.90. The lowest BCUT2D eigenvalue weighted by Gasteiger charge is -2.33. The predicted octanol–water partition coefficient (Wildman–Crippen LogP) is 0.756. The molecule has 2 atom stereocenters. The van der Waals surface area contributed by atoms with Crippen LogP contribution in [0, 0.1) is 6.92 Å². The van der Waals surface area contributed by atoms with Crippen LogP contribution in [0.5, 0.6) is 0 Å². The highest BCUT2D eigenvalue weighted by atomic mass is 32.2. The van der Waals surface area contributed by atoms with Crippen LogP contribution in [0.4, 0.5) is 0 Å². The Balaban J connectivity index is 2.02. The summed E-state index contributed by atoms with van der Waals surface area (Å²) < 4.78 is 28.5. The fraction of sp³-hybridized carbons (Fsp3) is 0.625. The number of sulfone groups is 1. The number of hydrogen-bond acceptors (Lipinski definition) is 7. The summed E-state index contributed by atoms with van der Waals surface area (Å²) in [6.45, 7) is 5.07. The van der Waals surface area contributed by atoms with Crippen LogP contribution in [0.2, 0.25) is 0 Å². The minimum atomic E-state index is -3.11. The summed E-state index contributed by atoms with van der Waals surface area (Å²) in [5.41, 5.74) is 0.690. The molecule has 1 aliphatic rings. The van der Waals surface area contributed by atoms with Gasteiger partial charge in [0.1, 0.15) is 0 Å². The summed E-state index contributed by atoms with van der Waals surface area (Å²) in [6.07, 6.45) is 3.82. The van der Waals surface area contributed by atoms with Crippen LogP contribution in [-0.4, -0.2) is 65.4 Å². The second-order valence-electron chi connectivity index (χ2n) is 6.23. The second-order valence-corrected chi connectivity index (χ2v) is 8.46. The van der Waals surface area contributed by atoms with Crippen LogP contribution in [0.1, 0.15) is 42.9 Å². The zero-order chi connectivity index (χ0) is 18.6. The highest BCUT2D eigenvalue weighted by Crippen LogP contribution is 2.21. The van der Waals surface area contributed by atoms with Crippen LogP contribution in [0.3, 0.4) is 0 Å². The van der Waals surface area contributed by atoms with E-state index >= 15 is 0 Å². The number of ether oxygens (including phenoxy) is 1. The van der Waals surface area contributed by atoms with Crippen molar-refractivity contribution in [3.8, 4) is 0 Å². The third-order valence-electron chi connectivity index (χ3n) is 4.27. The molecule has 1 aromatic heterocycles. The van der Waals surface area contributed by atoms with Crippen molar-refractivity contribution in [2.45, 2.75) is 45.7 Å². The summed E-state index contributed by atoms with van der Waals surface area (Å²) in [5, 5.41) is 0. The fourth-order valence-electron chi connectivity index (χ4n) is 2.77. The minimum absolute atomic E-state index is 0.0249. The Kier molecular flexibility index (Phi) is 6.10. The van der Waals surface area contributed by atoms with E-state index in [2.05, 4.69) is 9.97 Å². The average molecular weight is 369 g/mol. The molecule has 1 aromatic rings. The van der Waals surface area contributed by atoms with Gasteiger partial charge in [0.2, 0.25) is 0 Å². The van der Waals surface area contributed by atoms with Crippen molar-refractivity contribution in [1.82, 2.24) is 14.9 Å². The van der Waals surface area contributed by atoms with Gasteiger partial charge in [-0.05, 0) is 26.7 Å². The summed E-state index contributed by atoms with van der Waals surface area (Å²) in [5.74, 6) is -1.09. The maximum Gasteiger partial charge on any atom is 0.359 e. The Morgan fingerprint density at radius 2 is 2.08 bits per heavy atom. The number of nitrogens with zero attached hydrogens (tertiary/aromatic N) is 3. The van der Waals surface area contributed by atoms with Crippen molar-refractivity contribution < 1.29 is 22.7 Å². The highest BCUT2D eigenvalue weighted by molar-refractivity contribution is 7.91. The van der Waals surface area contributed by atoms with Gasteiger partial charge in [-0.2, -0.15) is 0 Å². The maximum atomic E-state index is 12.5. The van der Waals surface area contributed by atoms with Crippen LogP contribution in [0.15, 0.2) is 12.4 Å². The first-order chi connectivity index (χ1) is 11.7. The van der Waals surface area contributed by atoms with Crippen molar-refractivity contribution in [2.24, 2.45) is 0 Å². The van der Waals surface area contributed by atoms with Gasteiger partial charge < -0.3 is 9.64 Å². The third-order valence-corrected chi connectivity index (χ3v) is 6.02. The molecule has 8 nitrogen and oxygen atoms in total. The Bertz CT molecular complexity index is 733. The molecule has 0 saturated carbocycles. The summed E-state index contributed by atoms with van der Waals surface area (Å²) >= 11 is 0. The molecule has 2 rings (SSSR count). The molecule has 0 radical (unpaired) electrons. The largest absolute Gasteiger partial charge is 0.451 e. The lowest BCUT2D eigenvalue weighted by Crippen LogP contribution is -2.48. The maximum absolute atomic E-state index is 12.5. The van der Waals surface area contributed by atoms with Gasteiger partial charge >= 0.3 is 5.97 Å². The van der Waals surface area contributed by atoms with E-state index in [1.807, 2.05) is 13.8 Å². The molecule has 0 aliphatic carbocycles. The molecule has 1 saturated heterocycles. The number of esters is 1. The van der Waals surface area contributed by atoms with Gasteiger partial charge in [-0.3, -0.25) is 9.78 Å². The minimum Gasteiger partial charge on any atom is -0.451 e. The number of aryl methyl sites for hydroxylation is 1. The molecule has 25 heavy (non-hydrogen) atoms. The molecule has 0 unspecified atom stereocenters. The van der Waals surface area contributed by atoms with Gasteiger partial charge in [-0.1, -0.05) is 6.92 Å². The van der Waals surface area contributed by atoms with E-state index in [1.54, 1.807) is 11.8 Å². The zero-order valence-electron chi connectivity index (χ0n) is 14.6. The molecule has 0 aromatic carbocycles. The number of carbonyl (C=O) groups is 2. The Hall–Kier alpha value is -2.03. The SMILES string of the molecule is CC[C@H](C)N(C(=O)COC(=O)c1cnc(C)cn1)[C@H]1CCS(=O)(=O)C1. The van der Waals surface area contributed by atoms with Crippen molar-refractivity contribution in [1.29, 1.82) is 0 Å².